The first-order valence-corrected chi connectivity index (χ1v) is 34.8. The number of aryl methyl sites for hydroxylation is 1. The van der Waals surface area contributed by atoms with Gasteiger partial charge in [0.15, 0.2) is 5.60 Å². The first-order chi connectivity index (χ1) is 50.2. The number of nitrogens with zero attached hydrogens (tertiary/aromatic N) is 2. The summed E-state index contributed by atoms with van der Waals surface area (Å²) in [7, 11) is 0. The van der Waals surface area contributed by atoms with Gasteiger partial charge in [0.2, 0.25) is 23.6 Å². The summed E-state index contributed by atoms with van der Waals surface area (Å²) in [6.07, 6.45) is -1.13. The van der Waals surface area contributed by atoms with E-state index in [9.17, 15) is 48.3 Å². The van der Waals surface area contributed by atoms with Gasteiger partial charge in [0.05, 0.1) is 213 Å². The van der Waals surface area contributed by atoms with Crippen LogP contribution in [-0.4, -0.2) is 257 Å². The molecule has 3 aliphatic rings. The van der Waals surface area contributed by atoms with E-state index >= 15 is 4.39 Å². The van der Waals surface area contributed by atoms with Crippen LogP contribution in [0.15, 0.2) is 16.9 Å². The number of pyridine rings is 2. The van der Waals surface area contributed by atoms with Crippen molar-refractivity contribution in [3.8, 4) is 11.4 Å². The molecular weight excluding hydrogens is 1380 g/mol. The molecule has 582 valence electrons. The fourth-order valence-corrected chi connectivity index (χ4v) is 11.3. The van der Waals surface area contributed by atoms with Crippen LogP contribution in [0.1, 0.15) is 98.7 Å². The molecule has 37 heteroatoms. The lowest BCUT2D eigenvalue weighted by Crippen LogP contribution is -2.58. The maximum atomic E-state index is 15.5. The number of halogens is 1. The number of esters is 1. The van der Waals surface area contributed by atoms with Gasteiger partial charge in [-0.25, -0.2) is 29.2 Å². The van der Waals surface area contributed by atoms with Crippen LogP contribution in [-0.2, 0) is 120 Å². The minimum atomic E-state index is -2.11. The first-order valence-electron chi connectivity index (χ1n) is 34.8. The van der Waals surface area contributed by atoms with E-state index < -0.39 is 101 Å². The van der Waals surface area contributed by atoms with E-state index in [4.69, 9.17) is 88.1 Å². The molecule has 3 aromatic rings. The second-order valence-electron chi connectivity index (χ2n) is 24.4. The number of benzene rings is 1. The molecule has 2 aliphatic heterocycles. The SMILES string of the molecule is CC[C@@]1(O)C(=O)OCc2c1cc1n(c2=O)Cc2c-1nc1cc(F)c(C)c3c1c2[C@@H](NC(=O)ONC(=O)[C@H](CCCNC(N)=O)NC(=O)[C@@H](NC(=O)[C@@H](N)CC(=O)NCCOCCOCCOCCOCCOCCOCCOCCOCCOCCOCCOCCOCCC(=O)NO)C(C)C)CC3. The number of rotatable bonds is 53. The molecule has 1 aliphatic carbocycles. The summed E-state index contributed by atoms with van der Waals surface area (Å²) in [6, 6.07) is -3.00. The second-order valence-corrected chi connectivity index (χ2v) is 24.4. The summed E-state index contributed by atoms with van der Waals surface area (Å²) in [6.45, 7) is 15.0. The summed E-state index contributed by atoms with van der Waals surface area (Å²) in [5.41, 5.74) is 15.3. The maximum absolute atomic E-state index is 15.5. The van der Waals surface area contributed by atoms with Crippen molar-refractivity contribution in [2.24, 2.45) is 17.4 Å². The van der Waals surface area contributed by atoms with Gasteiger partial charge in [-0.15, -0.1) is 0 Å². The highest BCUT2D eigenvalue weighted by molar-refractivity contribution is 5.96. The number of urea groups is 1. The Bertz CT molecular complexity index is 3330. The lowest BCUT2D eigenvalue weighted by Gasteiger charge is -2.31. The van der Waals surface area contributed by atoms with E-state index in [-0.39, 0.29) is 119 Å². The van der Waals surface area contributed by atoms with E-state index in [1.165, 1.54) is 22.2 Å². The number of carbonyl (C=O) groups excluding carboxylic acids is 8. The first kappa shape index (κ1) is 85.2. The number of nitrogens with one attached hydrogen (secondary N) is 7. The molecule has 8 amide bonds. The summed E-state index contributed by atoms with van der Waals surface area (Å²) in [4.78, 5) is 127. The molecule has 0 spiro atoms. The Labute approximate surface area is 600 Å². The van der Waals surface area contributed by atoms with Gasteiger partial charge in [0.25, 0.3) is 11.5 Å². The molecule has 0 bridgehead atoms. The van der Waals surface area contributed by atoms with Crippen LogP contribution < -0.4 is 54.6 Å². The predicted octanol–water partition coefficient (Wildman–Crippen LogP) is -0.726. The number of nitrogens with two attached hydrogens (primary N) is 2. The number of hydroxylamine groups is 2. The molecule has 6 rings (SSSR count). The normalized spacial score (nSPS) is 15.8. The Hall–Kier alpha value is -7.73. The number of aromatic nitrogens is 2. The fourth-order valence-electron chi connectivity index (χ4n) is 11.3. The van der Waals surface area contributed by atoms with Crippen LogP contribution >= 0.6 is 0 Å². The number of cyclic esters (lactones) is 1. The van der Waals surface area contributed by atoms with Gasteiger partial charge < -0.3 is 114 Å². The Morgan fingerprint density at radius 1 is 0.683 bits per heavy atom. The number of aliphatic hydroxyl groups is 1. The van der Waals surface area contributed by atoms with Crippen molar-refractivity contribution in [3.63, 3.8) is 0 Å². The van der Waals surface area contributed by atoms with Crippen molar-refractivity contribution in [1.82, 2.24) is 47.1 Å². The quantitative estimate of drug-likeness (QED) is 0.0112. The van der Waals surface area contributed by atoms with E-state index in [0.717, 1.165) is 0 Å². The minimum absolute atomic E-state index is 0.00991. The fraction of sp³-hybridized carbons (Fsp3) is 0.672. The highest BCUT2D eigenvalue weighted by atomic mass is 19.1. The third-order valence-electron chi connectivity index (χ3n) is 16.8. The Morgan fingerprint density at radius 3 is 1.70 bits per heavy atom. The van der Waals surface area contributed by atoms with E-state index in [2.05, 4.69) is 32.1 Å². The van der Waals surface area contributed by atoms with Crippen LogP contribution in [0.4, 0.5) is 14.0 Å². The Morgan fingerprint density at radius 2 is 1.20 bits per heavy atom. The number of ether oxygens (including phenoxy) is 13. The molecule has 1 aromatic carbocycles. The van der Waals surface area contributed by atoms with Gasteiger partial charge in [0.1, 0.15) is 24.5 Å². The lowest BCUT2D eigenvalue weighted by atomic mass is 9.81. The molecule has 0 unspecified atom stereocenters. The molecule has 4 heterocycles. The highest BCUT2D eigenvalue weighted by Gasteiger charge is 2.46. The van der Waals surface area contributed by atoms with Crippen molar-refractivity contribution in [2.75, 3.05) is 172 Å². The number of hydrogen-bond donors (Lipinski definition) is 11. The number of primary amides is 1. The van der Waals surface area contributed by atoms with Crippen LogP contribution in [0.2, 0.25) is 0 Å². The standard InChI is InChI=1S/C67H102FN11O25/c1-5-67(89)47-37-53-59-45(40-79(53)63(85)46(47)41-103-64(67)86)57-50(9-8-44-43(4)48(68)38-52(73-59)56(44)57)75-66(88)104-78-61(83)51(7-6-11-72-65(70)87)74-62(84)58(42(2)3)76-60(82)49(69)39-55(81)71-12-14-92-16-18-94-20-22-96-24-26-98-28-30-100-32-34-102-36-35-101-33-31-99-29-27-97-25-23-95-21-19-93-17-15-91-13-10-54(80)77-90/h37-38,42,49-51,58,89-90H,5-36,39-41,69H2,1-4H3,(H,71,81)(H,74,84)(H,75,88)(H,76,82)(H,77,80)(H,78,83)(H3,70,72,87)/t49-,50-,51-,58-,67-/m0/s1. The third kappa shape index (κ3) is 27.3. The minimum Gasteiger partial charge on any atom is -0.458 e. The van der Waals surface area contributed by atoms with Gasteiger partial charge in [-0.2, -0.15) is 5.48 Å². The van der Waals surface area contributed by atoms with E-state index in [0.29, 0.717) is 160 Å². The van der Waals surface area contributed by atoms with Crippen LogP contribution in [0.5, 0.6) is 0 Å². The summed E-state index contributed by atoms with van der Waals surface area (Å²) in [5.74, 6) is -5.75. The van der Waals surface area contributed by atoms with Crippen molar-refractivity contribution in [1.29, 1.82) is 0 Å². The molecule has 0 saturated carbocycles. The third-order valence-corrected chi connectivity index (χ3v) is 16.8. The van der Waals surface area contributed by atoms with E-state index in [1.807, 2.05) is 0 Å². The molecule has 0 radical (unpaired) electrons. The van der Waals surface area contributed by atoms with E-state index in [1.54, 1.807) is 27.7 Å². The molecule has 13 N–H and O–H groups in total. The average Bonchev–Trinajstić information content (AvgIpc) is 1.52. The summed E-state index contributed by atoms with van der Waals surface area (Å²) < 4.78 is 87.7. The topological polar surface area (TPSA) is 477 Å². The molecular formula is C67H102FN11O25. The molecule has 5 atom stereocenters. The van der Waals surface area contributed by atoms with Crippen molar-refractivity contribution >= 4 is 58.5 Å². The highest BCUT2D eigenvalue weighted by Crippen LogP contribution is 2.46. The zero-order valence-electron chi connectivity index (χ0n) is 59.5. The molecule has 0 fully saturated rings. The number of amides is 8. The zero-order chi connectivity index (χ0) is 75.2. The monoisotopic (exact) mass is 1480 g/mol. The average molecular weight is 1480 g/mol. The molecule has 2 aromatic heterocycles. The smallest absolute Gasteiger partial charge is 0.432 e. The van der Waals surface area contributed by atoms with Gasteiger partial charge in [-0.1, -0.05) is 20.8 Å². The molecule has 104 heavy (non-hydrogen) atoms. The number of hydrogen-bond acceptors (Lipinski definition) is 27. The van der Waals surface area contributed by atoms with Crippen LogP contribution in [0.25, 0.3) is 22.3 Å². The van der Waals surface area contributed by atoms with Gasteiger partial charge in [-0.3, -0.25) is 34.0 Å². The van der Waals surface area contributed by atoms with Gasteiger partial charge >= 0.3 is 18.1 Å². The Balaban J connectivity index is 0.782. The van der Waals surface area contributed by atoms with Crippen molar-refractivity contribution < 1.29 is 119 Å². The zero-order valence-corrected chi connectivity index (χ0v) is 59.5. The second kappa shape index (κ2) is 46.3. The van der Waals surface area contributed by atoms with Crippen LogP contribution in [0, 0.1) is 18.7 Å². The summed E-state index contributed by atoms with van der Waals surface area (Å²) >= 11 is 0. The summed E-state index contributed by atoms with van der Waals surface area (Å²) in [5, 5.41) is 33.3. The van der Waals surface area contributed by atoms with Gasteiger partial charge in [0, 0.05) is 35.7 Å². The number of fused-ring (bicyclic) bond motifs is 5. The van der Waals surface area contributed by atoms with Crippen molar-refractivity contribution in [2.45, 2.75) is 116 Å². The van der Waals surface area contributed by atoms with Gasteiger partial charge in [-0.05, 0) is 67.7 Å². The van der Waals surface area contributed by atoms with Crippen LogP contribution in [0.3, 0.4) is 0 Å². The van der Waals surface area contributed by atoms with Crippen molar-refractivity contribution in [3.05, 3.63) is 61.7 Å². The molecule has 36 nitrogen and oxygen atoms in total. The molecule has 0 saturated heterocycles. The number of carbonyl (C=O) groups is 8. The maximum Gasteiger partial charge on any atom is 0.432 e. The lowest BCUT2D eigenvalue weighted by molar-refractivity contribution is -0.172. The predicted molar refractivity (Wildman–Crippen MR) is 364 cm³/mol. The largest absolute Gasteiger partial charge is 0.458 e. The Kier molecular flexibility index (Phi) is 37.9.